The molecule has 0 saturated heterocycles. The summed E-state index contributed by atoms with van der Waals surface area (Å²) >= 11 is 6.16. The summed E-state index contributed by atoms with van der Waals surface area (Å²) in [6.45, 7) is -0.451. The maximum Gasteiger partial charge on any atom is 0.282 e. The normalized spacial score (nSPS) is 11.6. The van der Waals surface area contributed by atoms with Gasteiger partial charge in [-0.05, 0) is 42.5 Å². The molecule has 7 nitrogen and oxygen atoms in total. The lowest BCUT2D eigenvalue weighted by Gasteiger charge is -2.13. The standard InChI is InChI=1S/C22H16ClF2N3O4S/c1-33(31,32)27-22(30)20-19(13-4-3-9-26-21(13)29)14-10-12(23)7-8-18(14)28(20)11-15-16(24)5-2-6-17(15)25/h2-10H,11H2,1H3,(H,26,29)(H,27,30). The van der Waals surface area contributed by atoms with Crippen molar-refractivity contribution in [2.24, 2.45) is 0 Å². The first-order valence-electron chi connectivity index (χ1n) is 9.51. The monoisotopic (exact) mass is 491 g/mol. The Bertz CT molecular complexity index is 1560. The van der Waals surface area contributed by atoms with Crippen LogP contribution in [0.2, 0.25) is 5.02 Å². The maximum absolute atomic E-state index is 14.5. The number of nitrogens with zero attached hydrogens (tertiary/aromatic N) is 1. The Hall–Kier alpha value is -3.50. The van der Waals surface area contributed by atoms with Gasteiger partial charge in [0.15, 0.2) is 0 Å². The van der Waals surface area contributed by atoms with Crippen molar-refractivity contribution in [3.8, 4) is 11.1 Å². The average molecular weight is 492 g/mol. The van der Waals surface area contributed by atoms with Crippen molar-refractivity contribution in [3.63, 3.8) is 0 Å². The van der Waals surface area contributed by atoms with Crippen molar-refractivity contribution in [2.75, 3.05) is 6.26 Å². The van der Waals surface area contributed by atoms with Crippen molar-refractivity contribution in [1.29, 1.82) is 0 Å². The number of hydrogen-bond acceptors (Lipinski definition) is 4. The van der Waals surface area contributed by atoms with Gasteiger partial charge in [0.2, 0.25) is 10.0 Å². The van der Waals surface area contributed by atoms with E-state index in [1.165, 1.54) is 47.2 Å². The summed E-state index contributed by atoms with van der Waals surface area (Å²) in [4.78, 5) is 28.3. The third-order valence-electron chi connectivity index (χ3n) is 4.98. The van der Waals surface area contributed by atoms with Crippen LogP contribution in [0.15, 0.2) is 59.5 Å². The van der Waals surface area contributed by atoms with Gasteiger partial charge in [0.1, 0.15) is 17.3 Å². The van der Waals surface area contributed by atoms with Gasteiger partial charge in [-0.2, -0.15) is 0 Å². The molecule has 0 unspecified atom stereocenters. The lowest BCUT2D eigenvalue weighted by Crippen LogP contribution is -2.32. The molecule has 0 atom stereocenters. The van der Waals surface area contributed by atoms with E-state index in [9.17, 15) is 26.8 Å². The van der Waals surface area contributed by atoms with Crippen LogP contribution >= 0.6 is 11.6 Å². The second-order valence-electron chi connectivity index (χ2n) is 7.29. The number of H-pyrrole nitrogens is 1. The van der Waals surface area contributed by atoms with Crippen LogP contribution in [0.25, 0.3) is 22.0 Å². The maximum atomic E-state index is 14.5. The Morgan fingerprint density at radius 2 is 1.82 bits per heavy atom. The predicted octanol–water partition coefficient (Wildman–Crippen LogP) is 3.67. The fourth-order valence-corrected chi connectivity index (χ4v) is 4.28. The number of aromatic nitrogens is 2. The quantitative estimate of drug-likeness (QED) is 0.445. The molecular weight excluding hydrogens is 476 g/mol. The highest BCUT2D eigenvalue weighted by molar-refractivity contribution is 7.89. The Kier molecular flexibility index (Phi) is 5.81. The van der Waals surface area contributed by atoms with Gasteiger partial charge in [0.25, 0.3) is 11.5 Å². The van der Waals surface area contributed by atoms with Crippen LogP contribution in [0.1, 0.15) is 16.1 Å². The Morgan fingerprint density at radius 3 is 2.45 bits per heavy atom. The second-order valence-corrected chi connectivity index (χ2v) is 9.47. The van der Waals surface area contributed by atoms with Gasteiger partial charge in [0, 0.05) is 38.8 Å². The lowest BCUT2D eigenvalue weighted by molar-refractivity contribution is 0.0974. The van der Waals surface area contributed by atoms with Crippen LogP contribution < -0.4 is 10.3 Å². The number of pyridine rings is 1. The molecule has 4 rings (SSSR count). The summed E-state index contributed by atoms with van der Waals surface area (Å²) in [7, 11) is -4.01. The molecule has 2 aromatic carbocycles. The molecule has 170 valence electrons. The van der Waals surface area contributed by atoms with Crippen LogP contribution in [0.5, 0.6) is 0 Å². The lowest BCUT2D eigenvalue weighted by atomic mass is 10.0. The van der Waals surface area contributed by atoms with E-state index in [0.717, 1.165) is 18.4 Å². The molecule has 2 aromatic heterocycles. The largest absolute Gasteiger partial charge is 0.331 e. The molecule has 0 spiro atoms. The summed E-state index contributed by atoms with van der Waals surface area (Å²) in [5, 5.41) is 0.606. The van der Waals surface area contributed by atoms with Crippen LogP contribution in [0, 0.1) is 11.6 Å². The van der Waals surface area contributed by atoms with Gasteiger partial charge in [-0.15, -0.1) is 0 Å². The van der Waals surface area contributed by atoms with Crippen molar-refractivity contribution >= 4 is 38.4 Å². The van der Waals surface area contributed by atoms with Crippen molar-refractivity contribution in [2.45, 2.75) is 6.54 Å². The molecule has 1 amide bonds. The first kappa shape index (κ1) is 22.7. The molecule has 33 heavy (non-hydrogen) atoms. The Balaban J connectivity index is 2.12. The molecular formula is C22H16ClF2N3O4S. The highest BCUT2D eigenvalue weighted by Gasteiger charge is 2.28. The highest BCUT2D eigenvalue weighted by Crippen LogP contribution is 2.36. The molecule has 0 bridgehead atoms. The number of aromatic amines is 1. The molecule has 0 fully saturated rings. The number of nitrogens with one attached hydrogen (secondary N) is 2. The first-order valence-corrected chi connectivity index (χ1v) is 11.8. The highest BCUT2D eigenvalue weighted by atomic mass is 35.5. The van der Waals surface area contributed by atoms with Crippen LogP contribution in [-0.2, 0) is 16.6 Å². The third kappa shape index (κ3) is 4.39. The Morgan fingerprint density at radius 1 is 1.12 bits per heavy atom. The predicted molar refractivity (Wildman–Crippen MR) is 121 cm³/mol. The Labute approximate surface area is 191 Å². The SMILES string of the molecule is CS(=O)(=O)NC(=O)c1c(-c2ccc[nH]c2=O)c2cc(Cl)ccc2n1Cc1c(F)cccc1F. The molecule has 0 aliphatic rings. The van der Waals surface area contributed by atoms with Gasteiger partial charge >= 0.3 is 0 Å². The van der Waals surface area contributed by atoms with Gasteiger partial charge < -0.3 is 9.55 Å². The molecule has 0 aliphatic heterocycles. The smallest absolute Gasteiger partial charge is 0.282 e. The third-order valence-corrected chi connectivity index (χ3v) is 5.78. The molecule has 2 heterocycles. The number of hydrogen-bond donors (Lipinski definition) is 2. The zero-order valence-corrected chi connectivity index (χ0v) is 18.6. The second kappa shape index (κ2) is 8.45. The minimum Gasteiger partial charge on any atom is -0.331 e. The number of benzene rings is 2. The van der Waals surface area contributed by atoms with Crippen molar-refractivity contribution in [1.82, 2.24) is 14.3 Å². The number of halogens is 3. The molecule has 11 heteroatoms. The molecule has 4 aromatic rings. The summed E-state index contributed by atoms with van der Waals surface area (Å²) in [5.74, 6) is -2.77. The number of sulfonamides is 1. The first-order chi connectivity index (χ1) is 15.6. The summed E-state index contributed by atoms with van der Waals surface area (Å²) < 4.78 is 55.7. The fourth-order valence-electron chi connectivity index (χ4n) is 3.68. The number of carbonyl (C=O) groups is 1. The molecule has 0 radical (unpaired) electrons. The minimum atomic E-state index is -4.01. The van der Waals surface area contributed by atoms with Crippen LogP contribution in [-0.4, -0.2) is 30.1 Å². The van der Waals surface area contributed by atoms with Crippen LogP contribution in [0.4, 0.5) is 8.78 Å². The van der Waals surface area contributed by atoms with Gasteiger partial charge in [-0.1, -0.05) is 17.7 Å². The van der Waals surface area contributed by atoms with Crippen molar-refractivity contribution < 1.29 is 22.0 Å². The summed E-state index contributed by atoms with van der Waals surface area (Å²) in [5.41, 5.74) is -0.715. The van der Waals surface area contributed by atoms with E-state index in [4.69, 9.17) is 11.6 Å². The number of rotatable bonds is 5. The van der Waals surface area contributed by atoms with Gasteiger partial charge in [-0.25, -0.2) is 21.9 Å². The van der Waals surface area contributed by atoms with E-state index < -0.39 is 39.7 Å². The molecule has 2 N–H and O–H groups in total. The zero-order valence-electron chi connectivity index (χ0n) is 17.0. The zero-order chi connectivity index (χ0) is 23.9. The van der Waals surface area contributed by atoms with E-state index in [2.05, 4.69) is 4.98 Å². The number of amides is 1. The fraction of sp³-hybridized carbons (Fsp3) is 0.0909. The van der Waals surface area contributed by atoms with E-state index in [-0.39, 0.29) is 27.4 Å². The van der Waals surface area contributed by atoms with Gasteiger partial charge in [-0.3, -0.25) is 9.59 Å². The van der Waals surface area contributed by atoms with E-state index in [1.807, 2.05) is 4.72 Å². The van der Waals surface area contributed by atoms with E-state index >= 15 is 0 Å². The van der Waals surface area contributed by atoms with E-state index in [1.54, 1.807) is 0 Å². The van der Waals surface area contributed by atoms with Gasteiger partial charge in [0.05, 0.1) is 12.8 Å². The number of carbonyl (C=O) groups excluding carboxylic acids is 1. The van der Waals surface area contributed by atoms with E-state index in [0.29, 0.717) is 10.9 Å². The van der Waals surface area contributed by atoms with Crippen LogP contribution in [0.3, 0.4) is 0 Å². The minimum absolute atomic E-state index is 0.0520. The number of fused-ring (bicyclic) bond motifs is 1. The summed E-state index contributed by atoms with van der Waals surface area (Å²) in [6, 6.07) is 10.8. The van der Waals surface area contributed by atoms with Crippen molar-refractivity contribution in [3.05, 3.63) is 93.0 Å². The molecule has 0 aliphatic carbocycles. The topological polar surface area (TPSA) is 101 Å². The average Bonchev–Trinajstić information content (AvgIpc) is 3.03. The summed E-state index contributed by atoms with van der Waals surface area (Å²) in [6.07, 6.45) is 2.18. The molecule has 0 saturated carbocycles.